The third-order valence-corrected chi connectivity index (χ3v) is 4.07. The van der Waals surface area contributed by atoms with Crippen LogP contribution < -0.4 is 0 Å². The van der Waals surface area contributed by atoms with Gasteiger partial charge >= 0.3 is 0 Å². The molecule has 4 heteroatoms. The minimum atomic E-state index is 0.0570. The van der Waals surface area contributed by atoms with Gasteiger partial charge in [-0.3, -0.25) is 4.79 Å². The van der Waals surface area contributed by atoms with E-state index in [2.05, 4.69) is 9.97 Å². The van der Waals surface area contributed by atoms with E-state index >= 15 is 0 Å². The van der Waals surface area contributed by atoms with Crippen LogP contribution in [0, 0.1) is 0 Å². The lowest BCUT2D eigenvalue weighted by molar-refractivity contribution is 0.0741. The summed E-state index contributed by atoms with van der Waals surface area (Å²) in [5, 5.41) is 0. The first-order chi connectivity index (χ1) is 10.8. The topological polar surface area (TPSA) is 46.1 Å². The van der Waals surface area contributed by atoms with Crippen LogP contribution in [0.4, 0.5) is 0 Å². The molecule has 0 spiro atoms. The number of carbonyl (C=O) groups excluding carboxylic acids is 1. The summed E-state index contributed by atoms with van der Waals surface area (Å²) in [5.41, 5.74) is 1.55. The summed E-state index contributed by atoms with van der Waals surface area (Å²) in [6, 6.07) is 9.81. The van der Waals surface area contributed by atoms with Crippen LogP contribution in [-0.2, 0) is 0 Å². The Hall–Kier alpha value is -2.23. The van der Waals surface area contributed by atoms with E-state index in [1.807, 2.05) is 35.2 Å². The highest BCUT2D eigenvalue weighted by Crippen LogP contribution is 2.16. The third kappa shape index (κ3) is 3.50. The van der Waals surface area contributed by atoms with Crippen LogP contribution in [0.5, 0.6) is 0 Å². The highest BCUT2D eigenvalue weighted by atomic mass is 16.2. The molecule has 0 radical (unpaired) electrons. The van der Waals surface area contributed by atoms with Gasteiger partial charge < -0.3 is 4.90 Å². The van der Waals surface area contributed by atoms with Crippen LogP contribution in [-0.4, -0.2) is 33.9 Å². The van der Waals surface area contributed by atoms with Crippen LogP contribution in [0.2, 0.25) is 0 Å². The standard InChI is InChI=1S/C18H21N3O/c22-18(21-11-7-2-1-3-8-12-21)16-13-19-17(20-14-16)15-9-5-4-6-10-15/h4-6,9-10,13-14H,1-3,7-8,11-12H2. The molecule has 1 aromatic heterocycles. The molecule has 1 fully saturated rings. The number of benzene rings is 1. The zero-order chi connectivity index (χ0) is 15.2. The van der Waals surface area contributed by atoms with Crippen LogP contribution in [0.3, 0.4) is 0 Å². The van der Waals surface area contributed by atoms with Gasteiger partial charge in [0.1, 0.15) is 0 Å². The summed E-state index contributed by atoms with van der Waals surface area (Å²) in [6.45, 7) is 1.69. The number of carbonyl (C=O) groups is 1. The molecule has 0 unspecified atom stereocenters. The Morgan fingerprint density at radius 1 is 0.864 bits per heavy atom. The third-order valence-electron chi connectivity index (χ3n) is 4.07. The molecule has 0 bridgehead atoms. The van der Waals surface area contributed by atoms with Gasteiger partial charge in [-0.25, -0.2) is 9.97 Å². The molecular weight excluding hydrogens is 274 g/mol. The van der Waals surface area contributed by atoms with Crippen LogP contribution in [0.25, 0.3) is 11.4 Å². The quantitative estimate of drug-likeness (QED) is 0.851. The van der Waals surface area contributed by atoms with Crippen molar-refractivity contribution in [3.63, 3.8) is 0 Å². The molecular formula is C18H21N3O. The molecule has 0 aliphatic carbocycles. The molecule has 22 heavy (non-hydrogen) atoms. The van der Waals surface area contributed by atoms with Gasteiger partial charge in [-0.15, -0.1) is 0 Å². The number of hydrogen-bond donors (Lipinski definition) is 0. The zero-order valence-electron chi connectivity index (χ0n) is 12.7. The normalized spacial score (nSPS) is 15.9. The molecule has 2 heterocycles. The van der Waals surface area contributed by atoms with Gasteiger partial charge in [0.05, 0.1) is 5.56 Å². The fourth-order valence-electron chi connectivity index (χ4n) is 2.81. The number of hydrogen-bond acceptors (Lipinski definition) is 3. The van der Waals surface area contributed by atoms with Crippen molar-refractivity contribution in [2.45, 2.75) is 32.1 Å². The van der Waals surface area contributed by atoms with E-state index in [9.17, 15) is 4.79 Å². The van der Waals surface area contributed by atoms with Crippen molar-refractivity contribution < 1.29 is 4.79 Å². The van der Waals surface area contributed by atoms with Gasteiger partial charge in [0.15, 0.2) is 5.82 Å². The Morgan fingerprint density at radius 2 is 1.45 bits per heavy atom. The number of aromatic nitrogens is 2. The first kappa shape index (κ1) is 14.7. The number of amides is 1. The number of nitrogens with zero attached hydrogens (tertiary/aromatic N) is 3. The second-order valence-electron chi connectivity index (χ2n) is 5.72. The Bertz CT molecular complexity index is 602. The number of rotatable bonds is 2. The maximum absolute atomic E-state index is 12.6. The highest BCUT2D eigenvalue weighted by molar-refractivity contribution is 5.93. The van der Waals surface area contributed by atoms with Crippen molar-refractivity contribution in [2.24, 2.45) is 0 Å². The summed E-state index contributed by atoms with van der Waals surface area (Å²) < 4.78 is 0. The molecule has 0 N–H and O–H groups in total. The molecule has 4 nitrogen and oxygen atoms in total. The molecule has 3 rings (SSSR count). The Labute approximate surface area is 131 Å². The van der Waals surface area contributed by atoms with Crippen molar-refractivity contribution in [1.82, 2.24) is 14.9 Å². The van der Waals surface area contributed by atoms with Crippen molar-refractivity contribution in [3.05, 3.63) is 48.3 Å². The summed E-state index contributed by atoms with van der Waals surface area (Å²) in [6.07, 6.45) is 9.20. The van der Waals surface area contributed by atoms with Crippen molar-refractivity contribution in [2.75, 3.05) is 13.1 Å². The maximum Gasteiger partial charge on any atom is 0.256 e. The molecule has 1 aliphatic heterocycles. The van der Waals surface area contributed by atoms with E-state index in [1.165, 1.54) is 19.3 Å². The Kier molecular flexibility index (Phi) is 4.78. The van der Waals surface area contributed by atoms with Gasteiger partial charge in [-0.1, -0.05) is 49.6 Å². The molecule has 1 saturated heterocycles. The second-order valence-corrected chi connectivity index (χ2v) is 5.72. The predicted molar refractivity (Wildman–Crippen MR) is 86.5 cm³/mol. The lowest BCUT2D eigenvalue weighted by atomic mass is 10.1. The van der Waals surface area contributed by atoms with Crippen molar-refractivity contribution in [3.8, 4) is 11.4 Å². The van der Waals surface area contributed by atoms with E-state index in [4.69, 9.17) is 0 Å². The average molecular weight is 295 g/mol. The van der Waals surface area contributed by atoms with Crippen molar-refractivity contribution >= 4 is 5.91 Å². The van der Waals surface area contributed by atoms with E-state index < -0.39 is 0 Å². The first-order valence-corrected chi connectivity index (χ1v) is 8.01. The van der Waals surface area contributed by atoms with Crippen LogP contribution >= 0.6 is 0 Å². The van der Waals surface area contributed by atoms with Gasteiger partial charge in [0, 0.05) is 31.0 Å². The minimum Gasteiger partial charge on any atom is -0.339 e. The smallest absolute Gasteiger partial charge is 0.256 e. The summed E-state index contributed by atoms with van der Waals surface area (Å²) in [7, 11) is 0. The lowest BCUT2D eigenvalue weighted by Gasteiger charge is -2.24. The van der Waals surface area contributed by atoms with Crippen LogP contribution in [0.1, 0.15) is 42.5 Å². The zero-order valence-corrected chi connectivity index (χ0v) is 12.7. The summed E-state index contributed by atoms with van der Waals surface area (Å²) in [4.78, 5) is 23.2. The highest BCUT2D eigenvalue weighted by Gasteiger charge is 2.17. The molecule has 1 amide bonds. The van der Waals surface area contributed by atoms with Gasteiger partial charge in [-0.2, -0.15) is 0 Å². The largest absolute Gasteiger partial charge is 0.339 e. The maximum atomic E-state index is 12.6. The summed E-state index contributed by atoms with van der Waals surface area (Å²) >= 11 is 0. The van der Waals surface area contributed by atoms with Gasteiger partial charge in [-0.05, 0) is 12.8 Å². The van der Waals surface area contributed by atoms with Gasteiger partial charge in [0.25, 0.3) is 5.91 Å². The molecule has 0 atom stereocenters. The minimum absolute atomic E-state index is 0.0570. The first-order valence-electron chi connectivity index (χ1n) is 8.01. The predicted octanol–water partition coefficient (Wildman–Crippen LogP) is 3.55. The summed E-state index contributed by atoms with van der Waals surface area (Å²) in [5.74, 6) is 0.714. The molecule has 0 saturated carbocycles. The molecule has 1 aromatic carbocycles. The fourth-order valence-corrected chi connectivity index (χ4v) is 2.81. The SMILES string of the molecule is O=C(c1cnc(-c2ccccc2)nc1)N1CCCCCCC1. The van der Waals surface area contributed by atoms with Crippen LogP contribution in [0.15, 0.2) is 42.7 Å². The lowest BCUT2D eigenvalue weighted by Crippen LogP contribution is -2.33. The molecule has 2 aromatic rings. The Morgan fingerprint density at radius 3 is 2.09 bits per heavy atom. The monoisotopic (exact) mass is 295 g/mol. The van der Waals surface area contributed by atoms with E-state index in [0.29, 0.717) is 11.4 Å². The van der Waals surface area contributed by atoms with E-state index in [0.717, 1.165) is 31.5 Å². The number of likely N-dealkylation sites (tertiary alicyclic amines) is 1. The average Bonchev–Trinajstić information content (AvgIpc) is 2.55. The Balaban J connectivity index is 1.73. The molecule has 114 valence electrons. The molecule has 1 aliphatic rings. The fraction of sp³-hybridized carbons (Fsp3) is 0.389. The second kappa shape index (κ2) is 7.16. The van der Waals surface area contributed by atoms with E-state index in [1.54, 1.807) is 12.4 Å². The van der Waals surface area contributed by atoms with Gasteiger partial charge in [0.2, 0.25) is 0 Å². The van der Waals surface area contributed by atoms with E-state index in [-0.39, 0.29) is 5.91 Å². The van der Waals surface area contributed by atoms with Crippen molar-refractivity contribution in [1.29, 1.82) is 0 Å².